The molecule has 0 spiro atoms. The van der Waals surface area contributed by atoms with Crippen molar-refractivity contribution < 1.29 is 22.3 Å². The number of aromatic nitrogens is 1. The van der Waals surface area contributed by atoms with Gasteiger partial charge in [0.1, 0.15) is 23.1 Å². The Morgan fingerprint density at radius 1 is 1.38 bits per heavy atom. The second-order valence-corrected chi connectivity index (χ2v) is 7.23. The van der Waals surface area contributed by atoms with Crippen molar-refractivity contribution in [1.29, 1.82) is 0 Å². The molecule has 1 aromatic heterocycles. The number of fused-ring (bicyclic) bond motifs is 1. The highest BCUT2D eigenvalue weighted by Gasteiger charge is 2.30. The Morgan fingerprint density at radius 3 is 2.92 bits per heavy atom. The lowest BCUT2D eigenvalue weighted by Crippen LogP contribution is -2.40. The summed E-state index contributed by atoms with van der Waals surface area (Å²) in [6.07, 6.45) is 2.95. The molecule has 1 unspecified atom stereocenters. The highest BCUT2D eigenvalue weighted by atomic mass is 32.2. The number of halogens is 1. The van der Waals surface area contributed by atoms with Gasteiger partial charge in [-0.15, -0.1) is 0 Å². The summed E-state index contributed by atoms with van der Waals surface area (Å²) in [5, 5.41) is 0. The quantitative estimate of drug-likeness (QED) is 0.908. The van der Waals surface area contributed by atoms with Gasteiger partial charge in [0.05, 0.1) is 5.92 Å². The van der Waals surface area contributed by atoms with E-state index < -0.39 is 27.7 Å². The zero-order valence-corrected chi connectivity index (χ0v) is 13.6. The molecular weight excluding hydrogens is 335 g/mol. The average Bonchev–Trinajstić information content (AvgIpc) is 2.54. The first-order chi connectivity index (χ1) is 11.4. The van der Waals surface area contributed by atoms with E-state index in [1.807, 2.05) is 0 Å². The van der Waals surface area contributed by atoms with E-state index in [4.69, 9.17) is 4.74 Å². The van der Waals surface area contributed by atoms with Gasteiger partial charge >= 0.3 is 0 Å². The van der Waals surface area contributed by atoms with E-state index in [9.17, 15) is 17.6 Å². The van der Waals surface area contributed by atoms with Crippen molar-refractivity contribution >= 4 is 15.9 Å². The summed E-state index contributed by atoms with van der Waals surface area (Å²) in [4.78, 5) is 16.0. The predicted octanol–water partition coefficient (Wildman–Crippen LogP) is 1.59. The number of nitrogens with zero attached hydrogens (tertiary/aromatic N) is 1. The van der Waals surface area contributed by atoms with Gasteiger partial charge in [-0.2, -0.15) is 0 Å². The molecule has 24 heavy (non-hydrogen) atoms. The molecule has 0 saturated heterocycles. The Hall–Kier alpha value is -2.48. The number of sulfonamides is 1. The lowest BCUT2D eigenvalue weighted by atomic mass is 9.96. The summed E-state index contributed by atoms with van der Waals surface area (Å²) in [6, 6.07) is 5.61. The highest BCUT2D eigenvalue weighted by Crippen LogP contribution is 2.28. The number of carbonyl (C=O) groups excluding carboxylic acids is 1. The molecule has 0 radical (unpaired) electrons. The Bertz CT molecular complexity index is 899. The fraction of sp³-hybridized carbons (Fsp3) is 0.250. The predicted molar refractivity (Wildman–Crippen MR) is 83.4 cm³/mol. The van der Waals surface area contributed by atoms with Crippen LogP contribution in [0.15, 0.2) is 41.6 Å². The largest absolute Gasteiger partial charge is 0.492 e. The van der Waals surface area contributed by atoms with E-state index in [0.717, 1.165) is 0 Å². The minimum Gasteiger partial charge on any atom is -0.492 e. The van der Waals surface area contributed by atoms with E-state index in [0.29, 0.717) is 16.9 Å². The van der Waals surface area contributed by atoms with Crippen LogP contribution in [-0.2, 0) is 21.2 Å². The molecular formula is C16H15FN2O4S. The maximum absolute atomic E-state index is 13.2. The highest BCUT2D eigenvalue weighted by molar-refractivity contribution is 7.90. The Kier molecular flexibility index (Phi) is 4.23. The minimum atomic E-state index is -4.00. The molecule has 0 fully saturated rings. The number of carbonyl (C=O) groups is 1. The van der Waals surface area contributed by atoms with Crippen molar-refractivity contribution in [2.24, 2.45) is 5.92 Å². The summed E-state index contributed by atoms with van der Waals surface area (Å²) in [5.74, 6) is -1.38. The number of hydrogen-bond acceptors (Lipinski definition) is 5. The number of benzene rings is 1. The van der Waals surface area contributed by atoms with Crippen LogP contribution < -0.4 is 9.46 Å². The van der Waals surface area contributed by atoms with E-state index >= 15 is 0 Å². The topological polar surface area (TPSA) is 85.4 Å². The standard InChI is InChI=1S/C16H15FN2O4S/c1-10-4-5-18-8-15(10)24(21,22)19-16(20)12-6-11-2-3-13(17)7-14(11)23-9-12/h2-5,7-8,12H,6,9H2,1H3,(H,19,20). The number of ether oxygens (including phenoxy) is 1. The molecule has 1 aromatic carbocycles. The third-order valence-electron chi connectivity index (χ3n) is 3.82. The molecule has 1 amide bonds. The van der Waals surface area contributed by atoms with Crippen LogP contribution in [0.3, 0.4) is 0 Å². The van der Waals surface area contributed by atoms with E-state index in [-0.39, 0.29) is 17.9 Å². The molecule has 0 bridgehead atoms. The Morgan fingerprint density at radius 2 is 2.17 bits per heavy atom. The van der Waals surface area contributed by atoms with Crippen LogP contribution in [-0.4, -0.2) is 25.9 Å². The van der Waals surface area contributed by atoms with Crippen LogP contribution in [0.1, 0.15) is 11.1 Å². The normalized spacial score (nSPS) is 16.8. The molecule has 1 N–H and O–H groups in total. The number of amides is 1. The fourth-order valence-corrected chi connectivity index (χ4v) is 3.75. The van der Waals surface area contributed by atoms with Gasteiger partial charge in [0.15, 0.2) is 0 Å². The van der Waals surface area contributed by atoms with Gasteiger partial charge in [-0.25, -0.2) is 17.5 Å². The third kappa shape index (κ3) is 3.23. The fourth-order valence-electron chi connectivity index (χ4n) is 2.52. The number of aryl methyl sites for hydroxylation is 1. The van der Waals surface area contributed by atoms with Gasteiger partial charge in [-0.05, 0) is 36.6 Å². The molecule has 0 aliphatic carbocycles. The Labute approximate surface area is 138 Å². The molecule has 126 valence electrons. The number of pyridine rings is 1. The van der Waals surface area contributed by atoms with Gasteiger partial charge < -0.3 is 4.74 Å². The maximum Gasteiger partial charge on any atom is 0.265 e. The molecule has 1 aliphatic rings. The van der Waals surface area contributed by atoms with Gasteiger partial charge in [-0.1, -0.05) is 6.07 Å². The summed E-state index contributed by atoms with van der Waals surface area (Å²) in [6.45, 7) is 1.61. The van der Waals surface area contributed by atoms with Crippen molar-refractivity contribution in [2.45, 2.75) is 18.2 Å². The monoisotopic (exact) mass is 350 g/mol. The summed E-state index contributed by atoms with van der Waals surface area (Å²) in [7, 11) is -4.00. The molecule has 8 heteroatoms. The summed E-state index contributed by atoms with van der Waals surface area (Å²) >= 11 is 0. The molecule has 1 atom stereocenters. The van der Waals surface area contributed by atoms with Crippen LogP contribution >= 0.6 is 0 Å². The van der Waals surface area contributed by atoms with Crippen molar-refractivity contribution in [3.63, 3.8) is 0 Å². The molecule has 3 rings (SSSR count). The van der Waals surface area contributed by atoms with Crippen LogP contribution in [0.5, 0.6) is 5.75 Å². The summed E-state index contributed by atoms with van der Waals surface area (Å²) < 4.78 is 45.3. The lowest BCUT2D eigenvalue weighted by molar-refractivity contribution is -0.124. The molecule has 1 aliphatic heterocycles. The van der Waals surface area contributed by atoms with E-state index in [1.165, 1.54) is 30.6 Å². The van der Waals surface area contributed by atoms with Gasteiger partial charge in [-0.3, -0.25) is 9.78 Å². The van der Waals surface area contributed by atoms with Gasteiger partial charge in [0, 0.05) is 18.5 Å². The molecule has 2 aromatic rings. The zero-order valence-electron chi connectivity index (χ0n) is 12.8. The zero-order chi connectivity index (χ0) is 17.3. The number of nitrogens with one attached hydrogen (secondary N) is 1. The smallest absolute Gasteiger partial charge is 0.265 e. The van der Waals surface area contributed by atoms with Crippen molar-refractivity contribution in [2.75, 3.05) is 6.61 Å². The van der Waals surface area contributed by atoms with Crippen LogP contribution in [0.4, 0.5) is 4.39 Å². The van der Waals surface area contributed by atoms with Crippen molar-refractivity contribution in [3.05, 3.63) is 53.6 Å². The average molecular weight is 350 g/mol. The molecule has 6 nitrogen and oxygen atoms in total. The molecule has 2 heterocycles. The van der Waals surface area contributed by atoms with Crippen LogP contribution in [0.25, 0.3) is 0 Å². The second-order valence-electron chi connectivity index (χ2n) is 5.58. The first kappa shape index (κ1) is 16.4. The van der Waals surface area contributed by atoms with E-state index in [2.05, 4.69) is 9.71 Å². The minimum absolute atomic E-state index is 0.0101. The van der Waals surface area contributed by atoms with E-state index in [1.54, 1.807) is 13.0 Å². The maximum atomic E-state index is 13.2. The first-order valence-electron chi connectivity index (χ1n) is 7.25. The summed E-state index contributed by atoms with van der Waals surface area (Å²) in [5.41, 5.74) is 1.16. The van der Waals surface area contributed by atoms with Crippen LogP contribution in [0, 0.1) is 18.7 Å². The van der Waals surface area contributed by atoms with Crippen molar-refractivity contribution in [1.82, 2.24) is 9.71 Å². The number of rotatable bonds is 3. The second kappa shape index (κ2) is 6.20. The van der Waals surface area contributed by atoms with Crippen molar-refractivity contribution in [3.8, 4) is 5.75 Å². The third-order valence-corrected chi connectivity index (χ3v) is 5.30. The molecule has 0 saturated carbocycles. The number of hydrogen-bond donors (Lipinski definition) is 1. The van der Waals surface area contributed by atoms with Crippen LogP contribution in [0.2, 0.25) is 0 Å². The Balaban J connectivity index is 1.76. The first-order valence-corrected chi connectivity index (χ1v) is 8.73. The van der Waals surface area contributed by atoms with Gasteiger partial charge in [0.2, 0.25) is 5.91 Å². The van der Waals surface area contributed by atoms with Gasteiger partial charge in [0.25, 0.3) is 10.0 Å². The SMILES string of the molecule is Cc1ccncc1S(=O)(=O)NC(=O)C1COc2cc(F)ccc2C1. The lowest BCUT2D eigenvalue weighted by Gasteiger charge is -2.24.